The van der Waals surface area contributed by atoms with E-state index in [4.69, 9.17) is 0 Å². The predicted molar refractivity (Wildman–Crippen MR) is 258 cm³/mol. The van der Waals surface area contributed by atoms with Crippen molar-refractivity contribution in [3.8, 4) is 55.6 Å². The summed E-state index contributed by atoms with van der Waals surface area (Å²) in [5, 5.41) is 2.61. The van der Waals surface area contributed by atoms with Crippen molar-refractivity contribution in [2.45, 2.75) is 19.3 Å². The molecule has 0 radical (unpaired) electrons. The maximum Gasteiger partial charge on any atom is 0.0355 e. The zero-order valence-electron chi connectivity index (χ0n) is 33.7. The number of hydrogen-bond acceptors (Lipinski definition) is 1. The highest BCUT2D eigenvalue weighted by Gasteiger charge is 2.37. The molecule has 1 aliphatic carbocycles. The van der Waals surface area contributed by atoms with E-state index in [-0.39, 0.29) is 5.41 Å². The number of fused-ring (bicyclic) bond motifs is 6. The molecule has 0 bridgehead atoms. The van der Waals surface area contributed by atoms with E-state index < -0.39 is 0 Å². The van der Waals surface area contributed by atoms with Crippen molar-refractivity contribution in [1.82, 2.24) is 0 Å². The lowest BCUT2D eigenvalue weighted by atomic mass is 9.81. The third-order valence-electron chi connectivity index (χ3n) is 12.5. The lowest BCUT2D eigenvalue weighted by molar-refractivity contribution is 0.660. The van der Waals surface area contributed by atoms with E-state index in [9.17, 15) is 0 Å². The molecule has 0 amide bonds. The Morgan fingerprint density at radius 3 is 1.53 bits per heavy atom. The third kappa shape index (κ3) is 6.31. The first-order chi connectivity index (χ1) is 29.5. The first kappa shape index (κ1) is 36.1. The molecule has 0 atom stereocenters. The third-order valence-corrected chi connectivity index (χ3v) is 13.7. The SMILES string of the molecule is CC1(C)c2cc(-c3ccc(/C(=C\c4ccc5sc6ccc(-c7ccccc7)cc6c5c4)c4ccc(-c5ccccc5)cc4)cc3)ccc2-c2c(-c3ccccc3)cccc21. The van der Waals surface area contributed by atoms with Crippen LogP contribution in [0.4, 0.5) is 0 Å². The molecule has 10 aromatic rings. The predicted octanol–water partition coefficient (Wildman–Crippen LogP) is 16.6. The maximum atomic E-state index is 2.43. The number of benzene rings is 9. The fourth-order valence-corrected chi connectivity index (χ4v) is 10.4. The lowest BCUT2D eigenvalue weighted by Gasteiger charge is -2.22. The zero-order valence-corrected chi connectivity index (χ0v) is 34.5. The first-order valence-corrected chi connectivity index (χ1v) is 21.6. The summed E-state index contributed by atoms with van der Waals surface area (Å²) in [6.07, 6.45) is 2.37. The average Bonchev–Trinajstić information content (AvgIpc) is 3.79. The molecule has 0 saturated carbocycles. The van der Waals surface area contributed by atoms with Crippen LogP contribution in [0.25, 0.3) is 87.5 Å². The fourth-order valence-electron chi connectivity index (χ4n) is 9.34. The Hall–Kier alpha value is -7.06. The van der Waals surface area contributed by atoms with Gasteiger partial charge in [-0.2, -0.15) is 0 Å². The Kier molecular flexibility index (Phi) is 8.80. The molecule has 1 heteroatoms. The van der Waals surface area contributed by atoms with Crippen LogP contribution in [0.1, 0.15) is 41.7 Å². The first-order valence-electron chi connectivity index (χ1n) is 20.8. The van der Waals surface area contributed by atoms with Crippen LogP contribution in [0.15, 0.2) is 212 Å². The second-order valence-corrected chi connectivity index (χ2v) is 17.6. The summed E-state index contributed by atoms with van der Waals surface area (Å²) in [6.45, 7) is 4.75. The summed E-state index contributed by atoms with van der Waals surface area (Å²) in [6, 6.07) is 78.1. The van der Waals surface area contributed by atoms with Crippen LogP contribution in [-0.2, 0) is 5.41 Å². The van der Waals surface area contributed by atoms with Crippen LogP contribution in [-0.4, -0.2) is 0 Å². The Morgan fingerprint density at radius 2 is 0.883 bits per heavy atom. The molecular formula is C59H42S. The molecule has 0 aliphatic heterocycles. The quantitative estimate of drug-likeness (QED) is 0.141. The van der Waals surface area contributed by atoms with Crippen LogP contribution in [0.3, 0.4) is 0 Å². The van der Waals surface area contributed by atoms with E-state index in [0.29, 0.717) is 0 Å². The Morgan fingerprint density at radius 1 is 0.383 bits per heavy atom. The Bertz CT molecular complexity index is 3220. The van der Waals surface area contributed by atoms with Crippen molar-refractivity contribution in [3.05, 3.63) is 240 Å². The van der Waals surface area contributed by atoms with Gasteiger partial charge in [-0.15, -0.1) is 11.3 Å². The van der Waals surface area contributed by atoms with Crippen LogP contribution in [0.5, 0.6) is 0 Å². The standard InChI is InChI=1S/C59H42S/c1-59(2)54-20-12-19-49(44-17-10-5-11-18-44)58(54)50-32-30-48(38-55(50)59)43-24-28-46(29-25-43)51(45-26-22-42(23-27-45)40-13-6-3-7-14-40)35-39-21-33-56-52(36-39)53-37-47(31-34-57(53)60-56)41-15-8-4-9-16-41/h3-38H,1-2H3/b51-35-. The van der Waals surface area contributed by atoms with E-state index in [2.05, 4.69) is 232 Å². The van der Waals surface area contributed by atoms with Gasteiger partial charge >= 0.3 is 0 Å². The van der Waals surface area contributed by atoms with E-state index in [1.807, 2.05) is 11.3 Å². The minimum atomic E-state index is -0.106. The summed E-state index contributed by atoms with van der Waals surface area (Å²) in [5.41, 5.74) is 20.1. The molecule has 9 aromatic carbocycles. The maximum absolute atomic E-state index is 2.43. The zero-order chi connectivity index (χ0) is 40.2. The average molecular weight is 783 g/mol. The molecular weight excluding hydrogens is 741 g/mol. The number of thiophene rings is 1. The molecule has 0 unspecified atom stereocenters. The molecule has 1 heterocycles. The van der Waals surface area contributed by atoms with Crippen LogP contribution < -0.4 is 0 Å². The molecule has 0 saturated heterocycles. The van der Waals surface area contributed by atoms with Gasteiger partial charge in [0.25, 0.3) is 0 Å². The van der Waals surface area contributed by atoms with Crippen molar-refractivity contribution in [1.29, 1.82) is 0 Å². The summed E-state index contributed by atoms with van der Waals surface area (Å²) in [7, 11) is 0. The van der Waals surface area contributed by atoms with Gasteiger partial charge in [-0.3, -0.25) is 0 Å². The summed E-state index contributed by atoms with van der Waals surface area (Å²) >= 11 is 1.87. The highest BCUT2D eigenvalue weighted by Crippen LogP contribution is 2.53. The largest absolute Gasteiger partial charge is 0.135 e. The van der Waals surface area contributed by atoms with Gasteiger partial charge in [0.1, 0.15) is 0 Å². The summed E-state index contributed by atoms with van der Waals surface area (Å²) in [4.78, 5) is 0. The molecule has 0 N–H and O–H groups in total. The normalized spacial score (nSPS) is 13.1. The highest BCUT2D eigenvalue weighted by atomic mass is 32.1. The van der Waals surface area contributed by atoms with E-state index in [1.165, 1.54) is 109 Å². The monoisotopic (exact) mass is 782 g/mol. The Balaban J connectivity index is 0.987. The van der Waals surface area contributed by atoms with E-state index >= 15 is 0 Å². The molecule has 1 aromatic heterocycles. The summed E-state index contributed by atoms with van der Waals surface area (Å²) < 4.78 is 2.62. The smallest absolute Gasteiger partial charge is 0.0355 e. The van der Waals surface area contributed by atoms with Crippen molar-refractivity contribution >= 4 is 43.2 Å². The van der Waals surface area contributed by atoms with Crippen molar-refractivity contribution in [2.24, 2.45) is 0 Å². The second-order valence-electron chi connectivity index (χ2n) is 16.5. The minimum Gasteiger partial charge on any atom is -0.135 e. The van der Waals surface area contributed by atoms with E-state index in [1.54, 1.807) is 0 Å². The lowest BCUT2D eigenvalue weighted by Crippen LogP contribution is -2.15. The van der Waals surface area contributed by atoms with Gasteiger partial charge in [-0.05, 0) is 125 Å². The molecule has 60 heavy (non-hydrogen) atoms. The van der Waals surface area contributed by atoms with Crippen LogP contribution in [0, 0.1) is 0 Å². The number of rotatable bonds is 7. The molecule has 0 spiro atoms. The molecule has 1 aliphatic rings. The topological polar surface area (TPSA) is 0 Å². The van der Waals surface area contributed by atoms with Crippen molar-refractivity contribution in [3.63, 3.8) is 0 Å². The molecule has 284 valence electrons. The molecule has 0 nitrogen and oxygen atoms in total. The van der Waals surface area contributed by atoms with Gasteiger partial charge in [0, 0.05) is 25.6 Å². The van der Waals surface area contributed by atoms with Gasteiger partial charge in [0.05, 0.1) is 0 Å². The van der Waals surface area contributed by atoms with Gasteiger partial charge in [-0.25, -0.2) is 0 Å². The van der Waals surface area contributed by atoms with Gasteiger partial charge in [0.15, 0.2) is 0 Å². The molecule has 11 rings (SSSR count). The van der Waals surface area contributed by atoms with E-state index in [0.717, 1.165) is 0 Å². The van der Waals surface area contributed by atoms with Crippen LogP contribution in [0.2, 0.25) is 0 Å². The second kappa shape index (κ2) is 14.6. The molecule has 0 fully saturated rings. The number of hydrogen-bond donors (Lipinski definition) is 0. The highest BCUT2D eigenvalue weighted by molar-refractivity contribution is 7.25. The summed E-state index contributed by atoms with van der Waals surface area (Å²) in [5.74, 6) is 0. The van der Waals surface area contributed by atoms with Crippen molar-refractivity contribution in [2.75, 3.05) is 0 Å². The van der Waals surface area contributed by atoms with Gasteiger partial charge in [-0.1, -0.05) is 196 Å². The fraction of sp³-hybridized carbons (Fsp3) is 0.0508. The van der Waals surface area contributed by atoms with Gasteiger partial charge < -0.3 is 0 Å². The Labute approximate surface area is 356 Å². The minimum absolute atomic E-state index is 0.106. The van der Waals surface area contributed by atoms with Gasteiger partial charge in [0.2, 0.25) is 0 Å². The van der Waals surface area contributed by atoms with Crippen LogP contribution >= 0.6 is 11.3 Å². The van der Waals surface area contributed by atoms with Crippen molar-refractivity contribution < 1.29 is 0 Å².